The van der Waals surface area contributed by atoms with E-state index in [0.29, 0.717) is 19.6 Å². The molecule has 0 aromatic rings. The summed E-state index contributed by atoms with van der Waals surface area (Å²) in [7, 11) is 0. The van der Waals surface area contributed by atoms with Crippen molar-refractivity contribution in [3.8, 4) is 0 Å². The third-order valence-electron chi connectivity index (χ3n) is 1.97. The van der Waals surface area contributed by atoms with E-state index in [-0.39, 0.29) is 4.48 Å². The molecule has 0 aliphatic rings. The Bertz CT molecular complexity index is 177. The second kappa shape index (κ2) is 4.72. The maximum Gasteiger partial charge on any atom is 0.514 e. The number of quaternary nitrogens is 1. The van der Waals surface area contributed by atoms with E-state index in [4.69, 9.17) is 5.11 Å². The van der Waals surface area contributed by atoms with Crippen LogP contribution in [0.5, 0.6) is 0 Å². The lowest BCUT2D eigenvalue weighted by atomic mass is 10.3. The molecule has 0 heterocycles. The average molecular weight is 170 g/mol. The van der Waals surface area contributed by atoms with Crippen LogP contribution in [0.25, 0.3) is 0 Å². The van der Waals surface area contributed by atoms with Crippen molar-refractivity contribution in [2.75, 3.05) is 19.6 Å². The van der Waals surface area contributed by atoms with Crippen LogP contribution in [-0.2, 0) is 0 Å². The number of carboxylic acid groups (broad SMARTS) is 1. The zero-order valence-corrected chi connectivity index (χ0v) is 7.49. The van der Waals surface area contributed by atoms with Crippen molar-refractivity contribution in [2.24, 2.45) is 0 Å². The Morgan fingerprint density at radius 2 is 1.83 bits per heavy atom. The number of carbonyl (C=O) groups is 1. The summed E-state index contributed by atoms with van der Waals surface area (Å²) < 4.78 is -0.00694. The van der Waals surface area contributed by atoms with E-state index < -0.39 is 6.09 Å². The summed E-state index contributed by atoms with van der Waals surface area (Å²) >= 11 is 0. The van der Waals surface area contributed by atoms with Crippen LogP contribution in [0.4, 0.5) is 4.79 Å². The van der Waals surface area contributed by atoms with Gasteiger partial charge in [0, 0.05) is 0 Å². The van der Waals surface area contributed by atoms with Gasteiger partial charge in [0.25, 0.3) is 0 Å². The minimum atomic E-state index is -0.822. The number of rotatable bonds is 5. The van der Waals surface area contributed by atoms with Gasteiger partial charge in [-0.3, -0.25) is 0 Å². The largest absolute Gasteiger partial charge is 0.514 e. The molecule has 0 aliphatic heterocycles. The second-order valence-corrected chi connectivity index (χ2v) is 2.69. The molecule has 3 heteroatoms. The summed E-state index contributed by atoms with van der Waals surface area (Å²) in [6.07, 6.45) is 2.43. The monoisotopic (exact) mass is 170 g/mol. The molecule has 3 nitrogen and oxygen atoms in total. The highest BCUT2D eigenvalue weighted by molar-refractivity contribution is 5.57. The van der Waals surface area contributed by atoms with Crippen molar-refractivity contribution in [2.45, 2.75) is 6.92 Å². The quantitative estimate of drug-likeness (QED) is 0.505. The van der Waals surface area contributed by atoms with Crippen LogP contribution in [0, 0.1) is 0 Å². The summed E-state index contributed by atoms with van der Waals surface area (Å²) in [5, 5.41) is 8.96. The maximum atomic E-state index is 10.9. The highest BCUT2D eigenvalue weighted by atomic mass is 16.4. The van der Waals surface area contributed by atoms with Gasteiger partial charge >= 0.3 is 6.09 Å². The first-order chi connectivity index (χ1) is 5.63. The molecule has 0 saturated heterocycles. The van der Waals surface area contributed by atoms with E-state index in [1.807, 2.05) is 6.92 Å². The highest BCUT2D eigenvalue weighted by Crippen LogP contribution is 2.07. The molecule has 0 spiro atoms. The molecule has 1 N–H and O–H groups in total. The topological polar surface area (TPSA) is 37.3 Å². The first-order valence-corrected chi connectivity index (χ1v) is 3.94. The van der Waals surface area contributed by atoms with Crippen LogP contribution in [0.1, 0.15) is 6.92 Å². The molecule has 0 saturated carbocycles. The van der Waals surface area contributed by atoms with Crippen molar-refractivity contribution in [1.29, 1.82) is 0 Å². The predicted octanol–water partition coefficient (Wildman–Crippen LogP) is 1.87. The molecular weight excluding hydrogens is 154 g/mol. The van der Waals surface area contributed by atoms with E-state index >= 15 is 0 Å². The molecule has 0 radical (unpaired) electrons. The molecule has 1 amide bonds. The van der Waals surface area contributed by atoms with Crippen LogP contribution in [0.2, 0.25) is 0 Å². The zero-order chi connectivity index (χ0) is 9.61. The van der Waals surface area contributed by atoms with Gasteiger partial charge in [0.15, 0.2) is 0 Å². The Morgan fingerprint density at radius 3 is 2.00 bits per heavy atom. The fourth-order valence-corrected chi connectivity index (χ4v) is 1.12. The summed E-state index contributed by atoms with van der Waals surface area (Å²) in [6, 6.07) is 0. The number of nitrogens with zero attached hydrogens (tertiary/aromatic N) is 1. The summed E-state index contributed by atoms with van der Waals surface area (Å²) in [6.45, 7) is 10.4. The Labute approximate surface area is 73.2 Å². The smallest absolute Gasteiger partial charge is 0.435 e. The van der Waals surface area contributed by atoms with Gasteiger partial charge in [-0.1, -0.05) is 13.2 Å². The molecule has 0 unspecified atom stereocenters. The van der Waals surface area contributed by atoms with Crippen LogP contribution in [0.3, 0.4) is 0 Å². The Balaban J connectivity index is 4.60. The Hall–Kier alpha value is -1.09. The van der Waals surface area contributed by atoms with E-state index in [1.54, 1.807) is 12.2 Å². The molecule has 0 bridgehead atoms. The van der Waals surface area contributed by atoms with Gasteiger partial charge in [0.05, 0.1) is 6.54 Å². The third kappa shape index (κ3) is 2.20. The van der Waals surface area contributed by atoms with Crippen LogP contribution in [0.15, 0.2) is 25.3 Å². The molecule has 68 valence electrons. The van der Waals surface area contributed by atoms with E-state index in [2.05, 4.69) is 13.2 Å². The zero-order valence-electron chi connectivity index (χ0n) is 7.49. The van der Waals surface area contributed by atoms with Gasteiger partial charge in [0.1, 0.15) is 13.1 Å². The lowest BCUT2D eigenvalue weighted by molar-refractivity contribution is -0.843. The number of likely N-dealkylation sites (N-methyl/N-ethyl adjacent to an activating group) is 1. The summed E-state index contributed by atoms with van der Waals surface area (Å²) in [4.78, 5) is 10.9. The summed E-state index contributed by atoms with van der Waals surface area (Å²) in [5.41, 5.74) is 0. The van der Waals surface area contributed by atoms with E-state index in [0.717, 1.165) is 0 Å². The standard InChI is InChI=1S/C9H15NO2/c1-4-7-10(6-3,8-5-2)9(11)12/h4-5H,1-2,6-8H2,3H3/p+1. The van der Waals surface area contributed by atoms with Crippen molar-refractivity contribution in [3.05, 3.63) is 25.3 Å². The van der Waals surface area contributed by atoms with Gasteiger partial charge in [-0.15, -0.1) is 0 Å². The number of amides is 1. The van der Waals surface area contributed by atoms with Crippen molar-refractivity contribution < 1.29 is 14.4 Å². The van der Waals surface area contributed by atoms with Crippen molar-refractivity contribution in [3.63, 3.8) is 0 Å². The van der Waals surface area contributed by atoms with Gasteiger partial charge in [-0.25, -0.2) is 4.48 Å². The first kappa shape index (κ1) is 10.9. The summed E-state index contributed by atoms with van der Waals surface area (Å²) in [5.74, 6) is 0. The number of hydrogen-bond acceptors (Lipinski definition) is 1. The second-order valence-electron chi connectivity index (χ2n) is 2.69. The van der Waals surface area contributed by atoms with Gasteiger partial charge in [-0.2, -0.15) is 4.79 Å². The fraction of sp³-hybridized carbons (Fsp3) is 0.444. The van der Waals surface area contributed by atoms with Crippen molar-refractivity contribution >= 4 is 6.09 Å². The molecule has 0 aromatic carbocycles. The minimum absolute atomic E-state index is 0.00694. The van der Waals surface area contributed by atoms with E-state index in [1.165, 1.54) is 0 Å². The molecule has 0 fully saturated rings. The maximum absolute atomic E-state index is 10.9. The average Bonchev–Trinajstić information content (AvgIpc) is 2.03. The van der Waals surface area contributed by atoms with Gasteiger partial charge in [0.2, 0.25) is 0 Å². The molecule has 0 atom stereocenters. The lowest BCUT2D eigenvalue weighted by Crippen LogP contribution is -2.52. The minimum Gasteiger partial charge on any atom is -0.435 e. The van der Waals surface area contributed by atoms with Crippen molar-refractivity contribution in [1.82, 2.24) is 0 Å². The van der Waals surface area contributed by atoms with E-state index in [9.17, 15) is 4.79 Å². The molecular formula is C9H16NO2+. The molecule has 12 heavy (non-hydrogen) atoms. The normalized spacial score (nSPS) is 10.8. The SMILES string of the molecule is C=CC[N+](CC)(CC=C)C(=O)O. The number of hydrogen-bond donors (Lipinski definition) is 1. The molecule has 0 rings (SSSR count). The van der Waals surface area contributed by atoms with Crippen LogP contribution < -0.4 is 0 Å². The molecule has 0 aromatic heterocycles. The van der Waals surface area contributed by atoms with Gasteiger partial charge < -0.3 is 5.11 Å². The Kier molecular flexibility index (Phi) is 4.29. The highest BCUT2D eigenvalue weighted by Gasteiger charge is 2.31. The predicted molar refractivity (Wildman–Crippen MR) is 49.0 cm³/mol. The third-order valence-corrected chi connectivity index (χ3v) is 1.97. The van der Waals surface area contributed by atoms with Gasteiger partial charge in [-0.05, 0) is 19.1 Å². The molecule has 0 aliphatic carbocycles. The lowest BCUT2D eigenvalue weighted by Gasteiger charge is -2.28. The van der Waals surface area contributed by atoms with Crippen LogP contribution in [-0.4, -0.2) is 35.3 Å². The Morgan fingerprint density at radius 1 is 1.42 bits per heavy atom. The fourth-order valence-electron chi connectivity index (χ4n) is 1.12. The first-order valence-electron chi connectivity index (χ1n) is 3.94. The van der Waals surface area contributed by atoms with Crippen LogP contribution >= 0.6 is 0 Å².